The summed E-state index contributed by atoms with van der Waals surface area (Å²) in [5.41, 5.74) is 6.23. The first kappa shape index (κ1) is 16.4. The van der Waals surface area contributed by atoms with E-state index >= 15 is 0 Å². The first-order chi connectivity index (χ1) is 9.01. The summed E-state index contributed by atoms with van der Waals surface area (Å²) in [5, 5.41) is 0.386. The molecule has 1 aromatic carbocycles. The second kappa shape index (κ2) is 7.85. The van der Waals surface area contributed by atoms with E-state index in [4.69, 9.17) is 17.3 Å². The van der Waals surface area contributed by atoms with Crippen LogP contribution in [0.1, 0.15) is 38.2 Å². The van der Waals surface area contributed by atoms with Crippen LogP contribution in [-0.4, -0.2) is 15.0 Å². The van der Waals surface area contributed by atoms with Gasteiger partial charge in [0.2, 0.25) is 10.0 Å². The lowest BCUT2D eigenvalue weighted by Crippen LogP contribution is -2.24. The lowest BCUT2D eigenvalue weighted by Gasteiger charge is -2.08. The maximum Gasteiger partial charge on any atom is 0.240 e. The molecule has 0 bridgehead atoms. The van der Waals surface area contributed by atoms with Gasteiger partial charge in [-0.3, -0.25) is 0 Å². The quantitative estimate of drug-likeness (QED) is 0.725. The summed E-state index contributed by atoms with van der Waals surface area (Å²) < 4.78 is 26.6. The van der Waals surface area contributed by atoms with Gasteiger partial charge in [0.1, 0.15) is 0 Å². The van der Waals surface area contributed by atoms with Crippen LogP contribution < -0.4 is 10.5 Å². The average Bonchev–Trinajstić information content (AvgIpc) is 2.38. The van der Waals surface area contributed by atoms with Crippen molar-refractivity contribution in [2.75, 3.05) is 6.54 Å². The molecule has 1 aromatic rings. The van der Waals surface area contributed by atoms with Crippen LogP contribution in [0.5, 0.6) is 0 Å². The van der Waals surface area contributed by atoms with Crippen molar-refractivity contribution >= 4 is 21.6 Å². The zero-order valence-corrected chi connectivity index (χ0v) is 12.7. The van der Waals surface area contributed by atoms with Gasteiger partial charge in [-0.1, -0.05) is 43.9 Å². The molecule has 0 atom stereocenters. The molecule has 0 radical (unpaired) electrons. The Labute approximate surface area is 120 Å². The Morgan fingerprint density at radius 2 is 2.00 bits per heavy atom. The third-order valence-corrected chi connectivity index (χ3v) is 4.69. The van der Waals surface area contributed by atoms with E-state index in [1.165, 1.54) is 12.1 Å². The van der Waals surface area contributed by atoms with E-state index in [2.05, 4.69) is 11.6 Å². The molecule has 0 unspecified atom stereocenters. The number of benzene rings is 1. The number of unbranched alkanes of at least 4 members (excludes halogenated alkanes) is 3. The fourth-order valence-corrected chi connectivity index (χ4v) is 3.12. The minimum atomic E-state index is -3.47. The van der Waals surface area contributed by atoms with Crippen molar-refractivity contribution in [3.05, 3.63) is 28.8 Å². The predicted octanol–water partition coefficient (Wildman–Crippen LogP) is 2.66. The predicted molar refractivity (Wildman–Crippen MR) is 78.7 cm³/mol. The molecule has 0 amide bonds. The highest BCUT2D eigenvalue weighted by Crippen LogP contribution is 2.20. The van der Waals surface area contributed by atoms with Crippen molar-refractivity contribution in [2.24, 2.45) is 5.73 Å². The summed E-state index contributed by atoms with van der Waals surface area (Å²) >= 11 is 5.97. The lowest BCUT2D eigenvalue weighted by molar-refractivity contribution is 0.573. The van der Waals surface area contributed by atoms with Crippen LogP contribution in [0.25, 0.3) is 0 Å². The van der Waals surface area contributed by atoms with E-state index in [1.54, 1.807) is 6.07 Å². The average molecular weight is 305 g/mol. The molecule has 0 aromatic heterocycles. The van der Waals surface area contributed by atoms with Crippen LogP contribution in [0.2, 0.25) is 5.02 Å². The smallest absolute Gasteiger partial charge is 0.240 e. The number of hydrogen-bond donors (Lipinski definition) is 2. The monoisotopic (exact) mass is 304 g/mol. The molecule has 0 saturated heterocycles. The normalized spacial score (nSPS) is 11.7. The SMILES string of the molecule is CCCCCCNS(=O)(=O)c1ccc(CN)c(Cl)c1. The molecular formula is C13H21ClN2O2S. The van der Waals surface area contributed by atoms with Crippen molar-refractivity contribution in [1.29, 1.82) is 0 Å². The standard InChI is InChI=1S/C13H21ClN2O2S/c1-2-3-4-5-8-16-19(17,18)12-7-6-11(10-15)13(14)9-12/h6-7,9,16H,2-5,8,10,15H2,1H3. The lowest BCUT2D eigenvalue weighted by atomic mass is 10.2. The summed E-state index contributed by atoms with van der Waals surface area (Å²) in [6.45, 7) is 2.87. The minimum absolute atomic E-state index is 0.185. The highest BCUT2D eigenvalue weighted by atomic mass is 35.5. The summed E-state index contributed by atoms with van der Waals surface area (Å²) in [4.78, 5) is 0.185. The van der Waals surface area contributed by atoms with Crippen molar-refractivity contribution < 1.29 is 8.42 Å². The van der Waals surface area contributed by atoms with E-state index in [0.717, 1.165) is 31.2 Å². The molecule has 108 valence electrons. The molecular weight excluding hydrogens is 284 g/mol. The van der Waals surface area contributed by atoms with Gasteiger partial charge >= 0.3 is 0 Å². The molecule has 0 fully saturated rings. The van der Waals surface area contributed by atoms with Gasteiger partial charge in [-0.15, -0.1) is 0 Å². The second-order valence-electron chi connectivity index (χ2n) is 4.42. The van der Waals surface area contributed by atoms with Crippen LogP contribution in [0.15, 0.2) is 23.1 Å². The molecule has 4 nitrogen and oxygen atoms in total. The maximum absolute atomic E-state index is 12.0. The Bertz CT molecular complexity index is 503. The van der Waals surface area contributed by atoms with Crippen molar-refractivity contribution in [3.63, 3.8) is 0 Å². The Balaban J connectivity index is 2.64. The van der Waals surface area contributed by atoms with Crippen molar-refractivity contribution in [1.82, 2.24) is 4.72 Å². The first-order valence-corrected chi connectivity index (χ1v) is 8.35. The Kier molecular flexibility index (Phi) is 6.79. The van der Waals surface area contributed by atoms with E-state index in [1.807, 2.05) is 0 Å². The van der Waals surface area contributed by atoms with Crippen LogP contribution in [0.3, 0.4) is 0 Å². The Morgan fingerprint density at radius 3 is 2.58 bits per heavy atom. The second-order valence-corrected chi connectivity index (χ2v) is 6.59. The molecule has 0 heterocycles. The van der Waals surface area contributed by atoms with E-state index in [-0.39, 0.29) is 4.90 Å². The van der Waals surface area contributed by atoms with Crippen LogP contribution in [0.4, 0.5) is 0 Å². The number of rotatable bonds is 8. The number of halogens is 1. The maximum atomic E-state index is 12.0. The highest BCUT2D eigenvalue weighted by molar-refractivity contribution is 7.89. The van der Waals surface area contributed by atoms with E-state index < -0.39 is 10.0 Å². The topological polar surface area (TPSA) is 72.2 Å². The van der Waals surface area contributed by atoms with Gasteiger partial charge in [-0.2, -0.15) is 0 Å². The molecule has 0 aliphatic rings. The number of hydrogen-bond acceptors (Lipinski definition) is 3. The summed E-state index contributed by atoms with van der Waals surface area (Å²) in [5.74, 6) is 0. The molecule has 0 spiro atoms. The molecule has 1 rings (SSSR count). The van der Waals surface area contributed by atoms with Gasteiger partial charge in [0.05, 0.1) is 4.90 Å². The van der Waals surface area contributed by atoms with Crippen molar-refractivity contribution in [2.45, 2.75) is 44.0 Å². The van der Waals surface area contributed by atoms with Crippen LogP contribution >= 0.6 is 11.6 Å². The number of nitrogens with two attached hydrogens (primary N) is 1. The third kappa shape index (κ3) is 5.10. The molecule has 3 N–H and O–H groups in total. The summed E-state index contributed by atoms with van der Waals surface area (Å²) in [6.07, 6.45) is 4.13. The molecule has 6 heteroatoms. The molecule has 0 aliphatic carbocycles. The van der Waals surface area contributed by atoms with Gasteiger partial charge < -0.3 is 5.73 Å². The molecule has 0 saturated carbocycles. The third-order valence-electron chi connectivity index (χ3n) is 2.88. The van der Waals surface area contributed by atoms with Gasteiger partial charge in [0.15, 0.2) is 0 Å². The van der Waals surface area contributed by atoms with Gasteiger partial charge in [0, 0.05) is 18.1 Å². The Morgan fingerprint density at radius 1 is 1.26 bits per heavy atom. The van der Waals surface area contributed by atoms with Crippen LogP contribution in [0, 0.1) is 0 Å². The summed E-state index contributed by atoms with van der Waals surface area (Å²) in [7, 11) is -3.47. The minimum Gasteiger partial charge on any atom is -0.326 e. The highest BCUT2D eigenvalue weighted by Gasteiger charge is 2.14. The van der Waals surface area contributed by atoms with E-state index in [0.29, 0.717) is 18.1 Å². The van der Waals surface area contributed by atoms with Gasteiger partial charge in [0.25, 0.3) is 0 Å². The van der Waals surface area contributed by atoms with Crippen LogP contribution in [-0.2, 0) is 16.6 Å². The van der Waals surface area contributed by atoms with E-state index in [9.17, 15) is 8.42 Å². The van der Waals surface area contributed by atoms with Gasteiger partial charge in [-0.25, -0.2) is 13.1 Å². The summed E-state index contributed by atoms with van der Waals surface area (Å²) in [6, 6.07) is 4.62. The Hall–Kier alpha value is -0.620. The first-order valence-electron chi connectivity index (χ1n) is 6.49. The zero-order chi connectivity index (χ0) is 14.3. The largest absolute Gasteiger partial charge is 0.326 e. The molecule has 0 aliphatic heterocycles. The van der Waals surface area contributed by atoms with Crippen molar-refractivity contribution in [3.8, 4) is 0 Å². The zero-order valence-electron chi connectivity index (χ0n) is 11.2. The fraction of sp³-hybridized carbons (Fsp3) is 0.538. The van der Waals surface area contributed by atoms with Gasteiger partial charge in [-0.05, 0) is 24.1 Å². The number of sulfonamides is 1. The fourth-order valence-electron chi connectivity index (χ4n) is 1.70. The number of nitrogens with one attached hydrogen (secondary N) is 1. The molecule has 19 heavy (non-hydrogen) atoms.